The Morgan fingerprint density at radius 1 is 1.17 bits per heavy atom. The molecule has 0 spiro atoms. The van der Waals surface area contributed by atoms with Crippen LogP contribution in [0.1, 0.15) is 15.9 Å². The van der Waals surface area contributed by atoms with Gasteiger partial charge in [0, 0.05) is 23.6 Å². The Morgan fingerprint density at radius 2 is 2.00 bits per heavy atom. The number of hydrogen-bond acceptors (Lipinski definition) is 4. The lowest BCUT2D eigenvalue weighted by atomic mass is 10.1. The highest BCUT2D eigenvalue weighted by molar-refractivity contribution is 5.95. The molecule has 0 unspecified atom stereocenters. The van der Waals surface area contributed by atoms with Crippen molar-refractivity contribution in [3.8, 4) is 5.75 Å². The Morgan fingerprint density at radius 3 is 2.79 bits per heavy atom. The maximum Gasteiger partial charge on any atom is 0.269 e. The number of hydrogen-bond donors (Lipinski definition) is 1. The van der Waals surface area contributed by atoms with E-state index in [-0.39, 0.29) is 5.91 Å². The van der Waals surface area contributed by atoms with Gasteiger partial charge in [-0.1, -0.05) is 18.2 Å². The van der Waals surface area contributed by atoms with Gasteiger partial charge in [-0.25, -0.2) is 4.98 Å². The number of benzene rings is 2. The SMILES string of the molecule is COc1ccc2cc3c(nc2c1)N(NC(=O)c1ccccc1)CC3. The maximum absolute atomic E-state index is 12.4. The summed E-state index contributed by atoms with van der Waals surface area (Å²) in [6.45, 7) is 0.717. The Bertz CT molecular complexity index is 909. The number of nitrogens with one attached hydrogen (secondary N) is 1. The van der Waals surface area contributed by atoms with Crippen LogP contribution in [0.5, 0.6) is 5.75 Å². The van der Waals surface area contributed by atoms with E-state index in [1.807, 2.05) is 41.4 Å². The smallest absolute Gasteiger partial charge is 0.269 e. The van der Waals surface area contributed by atoms with Gasteiger partial charge in [0.25, 0.3) is 5.91 Å². The van der Waals surface area contributed by atoms with Gasteiger partial charge in [0.15, 0.2) is 5.82 Å². The Kier molecular flexibility index (Phi) is 3.54. The van der Waals surface area contributed by atoms with E-state index in [1.54, 1.807) is 19.2 Å². The van der Waals surface area contributed by atoms with Gasteiger partial charge in [-0.15, -0.1) is 0 Å². The summed E-state index contributed by atoms with van der Waals surface area (Å²) in [4.78, 5) is 17.1. The van der Waals surface area contributed by atoms with Crippen molar-refractivity contribution in [3.05, 3.63) is 65.7 Å². The number of nitrogens with zero attached hydrogens (tertiary/aromatic N) is 2. The third kappa shape index (κ3) is 2.54. The molecule has 1 aliphatic rings. The fourth-order valence-electron chi connectivity index (χ4n) is 2.95. The quantitative estimate of drug-likeness (QED) is 0.806. The number of carbonyl (C=O) groups excluding carboxylic acids is 1. The molecule has 4 rings (SSSR count). The molecule has 24 heavy (non-hydrogen) atoms. The number of carbonyl (C=O) groups is 1. The summed E-state index contributed by atoms with van der Waals surface area (Å²) in [6, 6.07) is 17.2. The topological polar surface area (TPSA) is 54.5 Å². The van der Waals surface area contributed by atoms with Gasteiger partial charge in [0.1, 0.15) is 5.75 Å². The molecule has 0 aliphatic carbocycles. The van der Waals surface area contributed by atoms with Crippen LogP contribution in [0.3, 0.4) is 0 Å². The molecule has 0 bridgehead atoms. The standard InChI is InChI=1S/C19H17N3O2/c1-24-16-8-7-14-11-15-9-10-22(18(15)20-17(14)12-16)21-19(23)13-5-3-2-4-6-13/h2-8,11-12H,9-10H2,1H3,(H,21,23). The highest BCUT2D eigenvalue weighted by atomic mass is 16.5. The molecular weight excluding hydrogens is 302 g/mol. The van der Waals surface area contributed by atoms with Crippen molar-refractivity contribution >= 4 is 22.6 Å². The summed E-state index contributed by atoms with van der Waals surface area (Å²) >= 11 is 0. The third-order valence-electron chi connectivity index (χ3n) is 4.21. The van der Waals surface area contributed by atoms with Gasteiger partial charge in [0.2, 0.25) is 0 Å². The molecule has 0 saturated heterocycles. The van der Waals surface area contributed by atoms with Crippen LogP contribution in [0.25, 0.3) is 10.9 Å². The van der Waals surface area contributed by atoms with Crippen LogP contribution in [0.4, 0.5) is 5.82 Å². The first-order valence-electron chi connectivity index (χ1n) is 7.86. The molecule has 1 aliphatic heterocycles. The van der Waals surface area contributed by atoms with Crippen LogP contribution < -0.4 is 15.2 Å². The maximum atomic E-state index is 12.4. The zero-order chi connectivity index (χ0) is 16.5. The lowest BCUT2D eigenvalue weighted by Gasteiger charge is -2.19. The molecule has 1 aromatic heterocycles. The van der Waals surface area contributed by atoms with Crippen LogP contribution in [0.15, 0.2) is 54.6 Å². The predicted octanol–water partition coefficient (Wildman–Crippen LogP) is 2.95. The highest BCUT2D eigenvalue weighted by Gasteiger charge is 2.23. The first-order valence-corrected chi connectivity index (χ1v) is 7.86. The monoisotopic (exact) mass is 319 g/mol. The molecule has 2 heterocycles. The van der Waals surface area contributed by atoms with Crippen molar-refractivity contribution in [2.24, 2.45) is 0 Å². The number of hydrazine groups is 1. The Labute approximate surface area is 139 Å². The van der Waals surface area contributed by atoms with E-state index in [2.05, 4.69) is 11.5 Å². The molecule has 5 nitrogen and oxygen atoms in total. The third-order valence-corrected chi connectivity index (χ3v) is 4.21. The van der Waals surface area contributed by atoms with Crippen LogP contribution in [-0.2, 0) is 6.42 Å². The molecule has 0 atom stereocenters. The molecule has 5 heteroatoms. The molecule has 1 N–H and O–H groups in total. The van der Waals surface area contributed by atoms with E-state index in [1.165, 1.54) is 0 Å². The average Bonchev–Trinajstić information content (AvgIpc) is 3.01. The molecule has 0 fully saturated rings. The summed E-state index contributed by atoms with van der Waals surface area (Å²) in [5.41, 5.74) is 5.57. The molecule has 2 aromatic carbocycles. The van der Waals surface area contributed by atoms with Gasteiger partial charge in [0.05, 0.1) is 12.6 Å². The van der Waals surface area contributed by atoms with Crippen molar-refractivity contribution in [2.45, 2.75) is 6.42 Å². The van der Waals surface area contributed by atoms with Gasteiger partial charge >= 0.3 is 0 Å². The number of pyridine rings is 1. The molecule has 0 radical (unpaired) electrons. The number of amides is 1. The van der Waals surface area contributed by atoms with Crippen molar-refractivity contribution < 1.29 is 9.53 Å². The zero-order valence-electron chi connectivity index (χ0n) is 13.3. The second kappa shape index (κ2) is 5.85. The minimum atomic E-state index is -0.129. The minimum Gasteiger partial charge on any atom is -0.497 e. The fraction of sp³-hybridized carbons (Fsp3) is 0.158. The van der Waals surface area contributed by atoms with Crippen LogP contribution >= 0.6 is 0 Å². The minimum absolute atomic E-state index is 0.129. The predicted molar refractivity (Wildman–Crippen MR) is 93.3 cm³/mol. The van der Waals surface area contributed by atoms with E-state index >= 15 is 0 Å². The van der Waals surface area contributed by atoms with E-state index in [0.29, 0.717) is 12.1 Å². The number of fused-ring (bicyclic) bond motifs is 2. The van der Waals surface area contributed by atoms with Crippen molar-refractivity contribution in [1.82, 2.24) is 10.4 Å². The second-order valence-electron chi connectivity index (χ2n) is 5.74. The first kappa shape index (κ1) is 14.5. The van der Waals surface area contributed by atoms with Crippen LogP contribution in [0, 0.1) is 0 Å². The van der Waals surface area contributed by atoms with Gasteiger partial charge in [-0.05, 0) is 42.3 Å². The van der Waals surface area contributed by atoms with Gasteiger partial charge in [-0.2, -0.15) is 0 Å². The van der Waals surface area contributed by atoms with Gasteiger partial charge in [-0.3, -0.25) is 15.2 Å². The fourth-order valence-corrected chi connectivity index (χ4v) is 2.95. The molecule has 120 valence electrons. The molecular formula is C19H17N3O2. The summed E-state index contributed by atoms with van der Waals surface area (Å²) in [5.74, 6) is 1.45. The van der Waals surface area contributed by atoms with Crippen molar-refractivity contribution in [2.75, 3.05) is 18.7 Å². The van der Waals surface area contributed by atoms with E-state index in [9.17, 15) is 4.79 Å². The number of rotatable bonds is 3. The summed E-state index contributed by atoms with van der Waals surface area (Å²) in [7, 11) is 1.64. The van der Waals surface area contributed by atoms with Crippen molar-refractivity contribution in [3.63, 3.8) is 0 Å². The summed E-state index contributed by atoms with van der Waals surface area (Å²) < 4.78 is 5.27. The lowest BCUT2D eigenvalue weighted by Crippen LogP contribution is -2.41. The first-order chi connectivity index (χ1) is 11.7. The summed E-state index contributed by atoms with van der Waals surface area (Å²) in [6.07, 6.45) is 0.860. The van der Waals surface area contributed by atoms with E-state index in [4.69, 9.17) is 9.72 Å². The highest BCUT2D eigenvalue weighted by Crippen LogP contribution is 2.29. The number of ether oxygens (including phenoxy) is 1. The Balaban J connectivity index is 1.65. The van der Waals surface area contributed by atoms with Crippen LogP contribution in [-0.4, -0.2) is 24.5 Å². The normalized spacial score (nSPS) is 13.0. The summed E-state index contributed by atoms with van der Waals surface area (Å²) in [5, 5.41) is 2.90. The Hall–Kier alpha value is -3.08. The number of aromatic nitrogens is 1. The average molecular weight is 319 g/mol. The number of anilines is 1. The molecule has 3 aromatic rings. The van der Waals surface area contributed by atoms with E-state index < -0.39 is 0 Å². The van der Waals surface area contributed by atoms with E-state index in [0.717, 1.165) is 34.5 Å². The second-order valence-corrected chi connectivity index (χ2v) is 5.74. The lowest BCUT2D eigenvalue weighted by molar-refractivity contribution is 0.0949. The molecule has 1 amide bonds. The van der Waals surface area contributed by atoms with Crippen molar-refractivity contribution in [1.29, 1.82) is 0 Å². The largest absolute Gasteiger partial charge is 0.497 e. The van der Waals surface area contributed by atoms with Gasteiger partial charge < -0.3 is 4.74 Å². The van der Waals surface area contributed by atoms with Crippen LogP contribution in [0.2, 0.25) is 0 Å². The molecule has 0 saturated carbocycles. The number of methoxy groups -OCH3 is 1. The zero-order valence-corrected chi connectivity index (χ0v) is 13.3.